The zero-order chi connectivity index (χ0) is 13.8. The van der Waals surface area contributed by atoms with Crippen molar-refractivity contribution in [1.29, 1.82) is 0 Å². The molecule has 2 nitrogen and oxygen atoms in total. The summed E-state index contributed by atoms with van der Waals surface area (Å²) < 4.78 is 5.71. The normalized spacial score (nSPS) is 24.6. The predicted molar refractivity (Wildman–Crippen MR) is 80.9 cm³/mol. The Morgan fingerprint density at radius 3 is 2.84 bits per heavy atom. The first-order valence-corrected chi connectivity index (χ1v) is 7.59. The number of hydrogen-bond donors (Lipinski definition) is 1. The zero-order valence-corrected chi connectivity index (χ0v) is 12.8. The van der Waals surface area contributed by atoms with Crippen molar-refractivity contribution in [2.24, 2.45) is 5.92 Å². The molecule has 1 fully saturated rings. The second kappa shape index (κ2) is 6.74. The Balaban J connectivity index is 2.11. The minimum absolute atomic E-state index is 0.341. The summed E-state index contributed by atoms with van der Waals surface area (Å²) in [5, 5.41) is 4.49. The van der Waals surface area contributed by atoms with Crippen molar-refractivity contribution >= 4 is 11.6 Å². The summed E-state index contributed by atoms with van der Waals surface area (Å²) in [5.41, 5.74) is 2.45. The number of hydrogen-bond acceptors (Lipinski definition) is 2. The van der Waals surface area contributed by atoms with Crippen molar-refractivity contribution < 1.29 is 4.74 Å². The molecule has 19 heavy (non-hydrogen) atoms. The molecular formula is C16H24ClNO. The van der Waals surface area contributed by atoms with Gasteiger partial charge in [0.05, 0.1) is 6.10 Å². The van der Waals surface area contributed by atoms with Gasteiger partial charge in [-0.05, 0) is 50.4 Å². The highest BCUT2D eigenvalue weighted by atomic mass is 35.5. The molecule has 0 spiro atoms. The Morgan fingerprint density at radius 1 is 1.47 bits per heavy atom. The minimum atomic E-state index is 0.341. The number of ether oxygens (including phenoxy) is 1. The molecule has 1 heterocycles. The number of rotatable bonds is 5. The smallest absolute Gasteiger partial charge is 0.0590 e. The minimum Gasteiger partial charge on any atom is -0.378 e. The van der Waals surface area contributed by atoms with E-state index in [1.165, 1.54) is 11.1 Å². The molecule has 0 bridgehead atoms. The fraction of sp³-hybridized carbons (Fsp3) is 0.625. The van der Waals surface area contributed by atoms with Gasteiger partial charge < -0.3 is 10.1 Å². The van der Waals surface area contributed by atoms with E-state index in [4.69, 9.17) is 16.3 Å². The van der Waals surface area contributed by atoms with E-state index in [-0.39, 0.29) is 0 Å². The van der Waals surface area contributed by atoms with Gasteiger partial charge in [0.25, 0.3) is 0 Å². The molecule has 1 aromatic rings. The van der Waals surface area contributed by atoms with Crippen LogP contribution in [0.2, 0.25) is 5.02 Å². The maximum absolute atomic E-state index is 6.36. The highest BCUT2D eigenvalue weighted by Crippen LogP contribution is 2.28. The molecule has 3 atom stereocenters. The van der Waals surface area contributed by atoms with E-state index in [2.05, 4.69) is 44.3 Å². The molecule has 1 aliphatic rings. The second-order valence-corrected chi connectivity index (χ2v) is 5.90. The van der Waals surface area contributed by atoms with Gasteiger partial charge in [-0.1, -0.05) is 30.7 Å². The molecule has 0 aliphatic carbocycles. The van der Waals surface area contributed by atoms with Gasteiger partial charge in [-0.2, -0.15) is 0 Å². The Labute approximate surface area is 121 Å². The van der Waals surface area contributed by atoms with Crippen molar-refractivity contribution in [2.75, 3.05) is 13.2 Å². The maximum Gasteiger partial charge on any atom is 0.0590 e. The molecule has 3 heteroatoms. The number of halogens is 1. The highest BCUT2D eigenvalue weighted by Gasteiger charge is 2.31. The van der Waals surface area contributed by atoms with E-state index in [0.717, 1.165) is 31.0 Å². The van der Waals surface area contributed by atoms with Gasteiger partial charge in [-0.25, -0.2) is 0 Å². The summed E-state index contributed by atoms with van der Waals surface area (Å²) in [6, 6.07) is 6.79. The summed E-state index contributed by atoms with van der Waals surface area (Å²) in [7, 11) is 0. The van der Waals surface area contributed by atoms with Gasteiger partial charge in [-0.3, -0.25) is 0 Å². The Bertz CT molecular complexity index is 421. The number of benzene rings is 1. The van der Waals surface area contributed by atoms with E-state index in [1.807, 2.05) is 0 Å². The molecule has 106 valence electrons. The molecule has 0 aromatic heterocycles. The van der Waals surface area contributed by atoms with Crippen molar-refractivity contribution in [3.05, 3.63) is 34.3 Å². The lowest BCUT2D eigenvalue weighted by Crippen LogP contribution is -2.40. The van der Waals surface area contributed by atoms with Crippen LogP contribution >= 0.6 is 11.6 Å². The molecular weight excluding hydrogens is 258 g/mol. The SMILES string of the molecule is CCNC(Cc1ccc(C)cc1Cl)C1CCOC1C. The third kappa shape index (κ3) is 3.71. The van der Waals surface area contributed by atoms with Crippen molar-refractivity contribution in [3.63, 3.8) is 0 Å². The summed E-state index contributed by atoms with van der Waals surface area (Å²) >= 11 is 6.36. The van der Waals surface area contributed by atoms with Crippen LogP contribution in [0.15, 0.2) is 18.2 Å². The standard InChI is InChI=1S/C16H24ClNO/c1-4-18-16(14-7-8-19-12(14)3)10-13-6-5-11(2)9-15(13)17/h5-6,9,12,14,16,18H,4,7-8,10H2,1-3H3. The average molecular weight is 282 g/mol. The highest BCUT2D eigenvalue weighted by molar-refractivity contribution is 6.31. The van der Waals surface area contributed by atoms with Gasteiger partial charge in [0.1, 0.15) is 0 Å². The van der Waals surface area contributed by atoms with E-state index in [1.54, 1.807) is 0 Å². The van der Waals surface area contributed by atoms with E-state index in [9.17, 15) is 0 Å². The van der Waals surface area contributed by atoms with Crippen LogP contribution in [0.4, 0.5) is 0 Å². The Kier molecular flexibility index (Phi) is 5.26. The fourth-order valence-corrected chi connectivity index (χ4v) is 3.28. The predicted octanol–water partition coefficient (Wildman–Crippen LogP) is 3.59. The summed E-state index contributed by atoms with van der Waals surface area (Å²) in [4.78, 5) is 0. The molecule has 0 amide bonds. The van der Waals surface area contributed by atoms with Crippen LogP contribution in [0.3, 0.4) is 0 Å². The quantitative estimate of drug-likeness (QED) is 0.890. The van der Waals surface area contributed by atoms with Crippen molar-refractivity contribution in [1.82, 2.24) is 5.32 Å². The number of likely N-dealkylation sites (N-methyl/N-ethyl adjacent to an activating group) is 1. The van der Waals surface area contributed by atoms with Crippen LogP contribution in [-0.2, 0) is 11.2 Å². The first kappa shape index (κ1) is 14.8. The summed E-state index contributed by atoms with van der Waals surface area (Å²) in [5.74, 6) is 0.581. The molecule has 1 aliphatic heterocycles. The van der Waals surface area contributed by atoms with Crippen LogP contribution < -0.4 is 5.32 Å². The van der Waals surface area contributed by atoms with Crippen LogP contribution in [0, 0.1) is 12.8 Å². The lowest BCUT2D eigenvalue weighted by Gasteiger charge is -2.27. The van der Waals surface area contributed by atoms with Crippen LogP contribution in [0.5, 0.6) is 0 Å². The van der Waals surface area contributed by atoms with Gasteiger partial charge >= 0.3 is 0 Å². The fourth-order valence-electron chi connectivity index (χ4n) is 2.97. The third-order valence-corrected chi connectivity index (χ3v) is 4.42. The lowest BCUT2D eigenvalue weighted by molar-refractivity contribution is 0.0956. The molecule has 1 aromatic carbocycles. The monoisotopic (exact) mass is 281 g/mol. The van der Waals surface area contributed by atoms with E-state index < -0.39 is 0 Å². The van der Waals surface area contributed by atoms with Crippen molar-refractivity contribution in [2.45, 2.75) is 45.8 Å². The summed E-state index contributed by atoms with van der Waals surface area (Å²) in [6.07, 6.45) is 2.46. The molecule has 1 saturated heterocycles. The molecule has 2 rings (SSSR count). The van der Waals surface area contributed by atoms with Crippen LogP contribution in [0.1, 0.15) is 31.4 Å². The van der Waals surface area contributed by atoms with Crippen LogP contribution in [-0.4, -0.2) is 25.3 Å². The Hall–Kier alpha value is -0.570. The average Bonchev–Trinajstić information content (AvgIpc) is 2.78. The molecule has 0 radical (unpaired) electrons. The van der Waals surface area contributed by atoms with Gasteiger partial charge in [0.15, 0.2) is 0 Å². The van der Waals surface area contributed by atoms with Gasteiger partial charge in [0, 0.05) is 23.6 Å². The third-order valence-electron chi connectivity index (χ3n) is 4.07. The number of aryl methyl sites for hydroxylation is 1. The first-order valence-electron chi connectivity index (χ1n) is 7.21. The first-order chi connectivity index (χ1) is 9.11. The Morgan fingerprint density at radius 2 is 2.26 bits per heavy atom. The molecule has 1 N–H and O–H groups in total. The largest absolute Gasteiger partial charge is 0.378 e. The number of nitrogens with one attached hydrogen (secondary N) is 1. The van der Waals surface area contributed by atoms with E-state index >= 15 is 0 Å². The second-order valence-electron chi connectivity index (χ2n) is 5.49. The maximum atomic E-state index is 6.36. The summed E-state index contributed by atoms with van der Waals surface area (Å²) in [6.45, 7) is 8.28. The topological polar surface area (TPSA) is 21.3 Å². The van der Waals surface area contributed by atoms with Crippen molar-refractivity contribution in [3.8, 4) is 0 Å². The van der Waals surface area contributed by atoms with E-state index in [0.29, 0.717) is 18.1 Å². The van der Waals surface area contributed by atoms with Gasteiger partial charge in [-0.15, -0.1) is 0 Å². The molecule has 0 saturated carbocycles. The van der Waals surface area contributed by atoms with Crippen LogP contribution in [0.25, 0.3) is 0 Å². The molecule has 3 unspecified atom stereocenters. The zero-order valence-electron chi connectivity index (χ0n) is 12.1. The lowest BCUT2D eigenvalue weighted by atomic mass is 9.88. The van der Waals surface area contributed by atoms with Gasteiger partial charge in [0.2, 0.25) is 0 Å².